The fourth-order valence-electron chi connectivity index (χ4n) is 1.74. The van der Waals surface area contributed by atoms with Crippen molar-refractivity contribution in [2.75, 3.05) is 0 Å². The van der Waals surface area contributed by atoms with Crippen LogP contribution in [0.2, 0.25) is 0 Å². The van der Waals surface area contributed by atoms with E-state index >= 15 is 0 Å². The van der Waals surface area contributed by atoms with Crippen molar-refractivity contribution in [1.29, 1.82) is 0 Å². The molecule has 2 N–H and O–H groups in total. The molecule has 0 bridgehead atoms. The zero-order valence-electron chi connectivity index (χ0n) is 11.2. The van der Waals surface area contributed by atoms with Gasteiger partial charge in [-0.1, -0.05) is 31.5 Å². The molecule has 0 fully saturated rings. The van der Waals surface area contributed by atoms with E-state index in [4.69, 9.17) is 0 Å². The molecule has 1 rings (SSSR count). The lowest BCUT2D eigenvalue weighted by molar-refractivity contribution is 0.0652. The summed E-state index contributed by atoms with van der Waals surface area (Å²) in [6.07, 6.45) is 3.99. The van der Waals surface area contributed by atoms with Gasteiger partial charge < -0.3 is 10.2 Å². The van der Waals surface area contributed by atoms with Gasteiger partial charge >= 0.3 is 0 Å². The van der Waals surface area contributed by atoms with Crippen molar-refractivity contribution in [3.63, 3.8) is 0 Å². The zero-order valence-corrected chi connectivity index (χ0v) is 11.2. The number of benzene rings is 1. The van der Waals surface area contributed by atoms with E-state index in [9.17, 15) is 10.2 Å². The Kier molecular flexibility index (Phi) is 5.74. The summed E-state index contributed by atoms with van der Waals surface area (Å²) in [5.41, 5.74) is -0.129. The number of unbranched alkanes of at least 4 members (excludes halogenated alkanes) is 2. The first-order valence-electron chi connectivity index (χ1n) is 6.50. The number of para-hydroxylation sites is 1. The average Bonchev–Trinajstić information content (AvgIpc) is 2.31. The van der Waals surface area contributed by atoms with Crippen molar-refractivity contribution in [3.8, 4) is 17.6 Å². The summed E-state index contributed by atoms with van der Waals surface area (Å²) in [7, 11) is 0. The third-order valence-electron chi connectivity index (χ3n) is 2.81. The summed E-state index contributed by atoms with van der Waals surface area (Å²) < 4.78 is 0. The molecule has 0 saturated heterocycles. The molecule has 18 heavy (non-hydrogen) atoms. The molecule has 0 aliphatic rings. The molecule has 1 atom stereocenters. The zero-order chi connectivity index (χ0) is 13.4. The van der Waals surface area contributed by atoms with Crippen molar-refractivity contribution >= 4 is 0 Å². The first-order chi connectivity index (χ1) is 8.55. The Bertz CT molecular complexity index is 424. The molecule has 0 saturated carbocycles. The highest BCUT2D eigenvalue weighted by Crippen LogP contribution is 2.23. The van der Waals surface area contributed by atoms with Crippen molar-refractivity contribution in [1.82, 2.24) is 0 Å². The van der Waals surface area contributed by atoms with Crippen molar-refractivity contribution < 1.29 is 10.2 Å². The Labute approximate surface area is 110 Å². The first kappa shape index (κ1) is 14.6. The number of rotatable bonds is 5. The van der Waals surface area contributed by atoms with Gasteiger partial charge in [-0.15, -0.1) is 11.8 Å². The SMILES string of the molecule is CCCCC#CCC(C)(O)Cc1ccccc1O. The van der Waals surface area contributed by atoms with Crippen LogP contribution in [0.3, 0.4) is 0 Å². The van der Waals surface area contributed by atoms with E-state index in [0.717, 1.165) is 24.8 Å². The van der Waals surface area contributed by atoms with E-state index in [2.05, 4.69) is 18.8 Å². The van der Waals surface area contributed by atoms with E-state index in [1.165, 1.54) is 0 Å². The average molecular weight is 246 g/mol. The smallest absolute Gasteiger partial charge is 0.118 e. The van der Waals surface area contributed by atoms with Crippen LogP contribution in [0, 0.1) is 11.8 Å². The van der Waals surface area contributed by atoms with Gasteiger partial charge in [0.25, 0.3) is 0 Å². The van der Waals surface area contributed by atoms with Gasteiger partial charge in [-0.05, 0) is 25.0 Å². The van der Waals surface area contributed by atoms with Gasteiger partial charge in [0.1, 0.15) is 5.75 Å². The Hall–Kier alpha value is -1.46. The third-order valence-corrected chi connectivity index (χ3v) is 2.81. The van der Waals surface area contributed by atoms with Crippen molar-refractivity contribution in [2.45, 2.75) is 51.6 Å². The van der Waals surface area contributed by atoms with Crippen molar-refractivity contribution in [3.05, 3.63) is 29.8 Å². The second kappa shape index (κ2) is 7.08. The molecule has 0 radical (unpaired) electrons. The van der Waals surface area contributed by atoms with Crippen LogP contribution in [-0.2, 0) is 6.42 Å². The number of phenolic OH excluding ortho intramolecular Hbond substituents is 1. The molecule has 1 aromatic rings. The van der Waals surface area contributed by atoms with Crippen LogP contribution in [0.5, 0.6) is 5.75 Å². The molecule has 98 valence electrons. The topological polar surface area (TPSA) is 40.5 Å². The maximum Gasteiger partial charge on any atom is 0.118 e. The van der Waals surface area contributed by atoms with Crippen LogP contribution in [0.1, 0.15) is 45.1 Å². The number of phenols is 1. The summed E-state index contributed by atoms with van der Waals surface area (Å²) in [6.45, 7) is 3.89. The molecule has 2 nitrogen and oxygen atoms in total. The minimum absolute atomic E-state index is 0.233. The highest BCUT2D eigenvalue weighted by atomic mass is 16.3. The summed E-state index contributed by atoms with van der Waals surface area (Å²) in [6, 6.07) is 7.10. The number of hydrogen-bond donors (Lipinski definition) is 2. The molecule has 0 aliphatic heterocycles. The Morgan fingerprint density at radius 2 is 1.94 bits per heavy atom. The Morgan fingerprint density at radius 1 is 1.22 bits per heavy atom. The van der Waals surface area contributed by atoms with Crippen LogP contribution in [0.4, 0.5) is 0 Å². The van der Waals surface area contributed by atoms with Gasteiger partial charge in [0, 0.05) is 19.3 Å². The van der Waals surface area contributed by atoms with Gasteiger partial charge in [0.2, 0.25) is 0 Å². The maximum atomic E-state index is 10.2. The molecule has 2 heteroatoms. The Balaban J connectivity index is 2.53. The predicted molar refractivity (Wildman–Crippen MR) is 74.4 cm³/mol. The lowest BCUT2D eigenvalue weighted by Gasteiger charge is -2.21. The maximum absolute atomic E-state index is 10.2. The molecule has 0 heterocycles. The molecular formula is C16H22O2. The van der Waals surface area contributed by atoms with Crippen LogP contribution in [0.15, 0.2) is 24.3 Å². The van der Waals surface area contributed by atoms with Gasteiger partial charge in [0.05, 0.1) is 5.60 Å². The molecule has 0 aliphatic carbocycles. The van der Waals surface area contributed by atoms with Gasteiger partial charge in [-0.3, -0.25) is 0 Å². The molecule has 0 amide bonds. The minimum Gasteiger partial charge on any atom is -0.508 e. The van der Waals surface area contributed by atoms with Gasteiger partial charge in [0.15, 0.2) is 0 Å². The fourth-order valence-corrected chi connectivity index (χ4v) is 1.74. The van der Waals surface area contributed by atoms with E-state index < -0.39 is 5.60 Å². The van der Waals surface area contributed by atoms with E-state index in [0.29, 0.717) is 12.8 Å². The quantitative estimate of drug-likeness (QED) is 0.618. The number of aliphatic hydroxyl groups is 1. The standard InChI is InChI=1S/C16H22O2/c1-3-4-5-6-9-12-16(2,18)13-14-10-7-8-11-15(14)17/h7-8,10-11,17-18H,3-5,12-13H2,1-2H3. The van der Waals surface area contributed by atoms with Gasteiger partial charge in [-0.25, -0.2) is 0 Å². The van der Waals surface area contributed by atoms with Crippen LogP contribution < -0.4 is 0 Å². The predicted octanol–water partition coefficient (Wildman–Crippen LogP) is 3.27. The summed E-state index contributed by atoms with van der Waals surface area (Å²) in [4.78, 5) is 0. The van der Waals surface area contributed by atoms with Crippen LogP contribution in [-0.4, -0.2) is 15.8 Å². The molecular weight excluding hydrogens is 224 g/mol. The Morgan fingerprint density at radius 3 is 2.61 bits per heavy atom. The summed E-state index contributed by atoms with van der Waals surface area (Å²) in [5, 5.41) is 19.9. The normalized spacial score (nSPS) is 13.5. The fraction of sp³-hybridized carbons (Fsp3) is 0.500. The van der Waals surface area contributed by atoms with E-state index in [-0.39, 0.29) is 5.75 Å². The van der Waals surface area contributed by atoms with Crippen LogP contribution in [0.25, 0.3) is 0 Å². The number of aromatic hydroxyl groups is 1. The van der Waals surface area contributed by atoms with Crippen molar-refractivity contribution in [2.24, 2.45) is 0 Å². The molecule has 0 aromatic heterocycles. The lowest BCUT2D eigenvalue weighted by Crippen LogP contribution is -2.26. The highest BCUT2D eigenvalue weighted by Gasteiger charge is 2.21. The van der Waals surface area contributed by atoms with Crippen LogP contribution >= 0.6 is 0 Å². The summed E-state index contributed by atoms with van der Waals surface area (Å²) in [5.74, 6) is 6.32. The van der Waals surface area contributed by atoms with E-state index in [1.54, 1.807) is 19.1 Å². The number of hydrogen-bond acceptors (Lipinski definition) is 2. The summed E-state index contributed by atoms with van der Waals surface area (Å²) >= 11 is 0. The van der Waals surface area contributed by atoms with E-state index in [1.807, 2.05) is 12.1 Å². The third kappa shape index (κ3) is 5.25. The first-order valence-corrected chi connectivity index (χ1v) is 6.50. The second-order valence-electron chi connectivity index (χ2n) is 4.94. The highest BCUT2D eigenvalue weighted by molar-refractivity contribution is 5.33. The largest absolute Gasteiger partial charge is 0.508 e. The minimum atomic E-state index is -0.891. The molecule has 0 spiro atoms. The van der Waals surface area contributed by atoms with Gasteiger partial charge in [-0.2, -0.15) is 0 Å². The lowest BCUT2D eigenvalue weighted by atomic mass is 9.93. The monoisotopic (exact) mass is 246 g/mol. The second-order valence-corrected chi connectivity index (χ2v) is 4.94. The molecule has 1 unspecified atom stereocenters. The molecule has 1 aromatic carbocycles.